The van der Waals surface area contributed by atoms with Gasteiger partial charge in [-0.05, 0) is 56.5 Å². The Morgan fingerprint density at radius 1 is 1.57 bits per heavy atom. The summed E-state index contributed by atoms with van der Waals surface area (Å²) in [4.78, 5) is 14.2. The van der Waals surface area contributed by atoms with Crippen molar-refractivity contribution in [2.45, 2.75) is 26.3 Å². The summed E-state index contributed by atoms with van der Waals surface area (Å²) < 4.78 is 1.05. The zero-order valence-corrected chi connectivity index (χ0v) is 14.8. The average Bonchev–Trinajstić information content (AvgIpc) is 2.82. The number of rotatable bonds is 4. The molecule has 2 unspecified atom stereocenters. The van der Waals surface area contributed by atoms with Gasteiger partial charge in [0.25, 0.3) is 0 Å². The molecule has 1 saturated heterocycles. The van der Waals surface area contributed by atoms with Gasteiger partial charge in [-0.1, -0.05) is 15.9 Å². The minimum atomic E-state index is 0. The summed E-state index contributed by atoms with van der Waals surface area (Å²) in [5.74, 6) is 0.551. The quantitative estimate of drug-likeness (QED) is 0.849. The van der Waals surface area contributed by atoms with E-state index in [0.29, 0.717) is 12.5 Å². The molecule has 0 saturated carbocycles. The standard InChI is InChI=1S/C15H22BrN3O.ClH/c1-10-7-13(3-4-14(10)16)18-15(20)9-19-6-5-12(8-19)11(2)17;/h3-4,7,11-12H,5-6,8-9,17H2,1-2H3,(H,18,20);1H. The van der Waals surface area contributed by atoms with Crippen molar-refractivity contribution < 1.29 is 4.79 Å². The van der Waals surface area contributed by atoms with Crippen molar-refractivity contribution >= 4 is 39.9 Å². The maximum atomic E-state index is 12.0. The van der Waals surface area contributed by atoms with Crippen molar-refractivity contribution in [1.29, 1.82) is 0 Å². The topological polar surface area (TPSA) is 58.4 Å². The second-order valence-corrected chi connectivity index (χ2v) is 6.51. The van der Waals surface area contributed by atoms with Crippen molar-refractivity contribution in [3.8, 4) is 0 Å². The van der Waals surface area contributed by atoms with E-state index in [0.717, 1.165) is 35.2 Å². The van der Waals surface area contributed by atoms with Crippen molar-refractivity contribution in [1.82, 2.24) is 4.90 Å². The Bertz CT molecular complexity index is 496. The van der Waals surface area contributed by atoms with Gasteiger partial charge in [0.15, 0.2) is 0 Å². The molecule has 0 bridgehead atoms. The van der Waals surface area contributed by atoms with E-state index in [4.69, 9.17) is 5.73 Å². The number of likely N-dealkylation sites (tertiary alicyclic amines) is 1. The van der Waals surface area contributed by atoms with Gasteiger partial charge in [0, 0.05) is 22.7 Å². The van der Waals surface area contributed by atoms with Gasteiger partial charge in [0.2, 0.25) is 5.91 Å². The lowest BCUT2D eigenvalue weighted by Gasteiger charge is -2.17. The van der Waals surface area contributed by atoms with Crippen LogP contribution < -0.4 is 11.1 Å². The van der Waals surface area contributed by atoms with Crippen LogP contribution in [-0.4, -0.2) is 36.5 Å². The zero-order chi connectivity index (χ0) is 14.7. The van der Waals surface area contributed by atoms with Crippen LogP contribution in [0.4, 0.5) is 5.69 Å². The number of halogens is 2. The molecule has 6 heteroatoms. The number of benzene rings is 1. The minimum absolute atomic E-state index is 0. The van der Waals surface area contributed by atoms with Crippen LogP contribution >= 0.6 is 28.3 Å². The molecule has 2 atom stereocenters. The summed E-state index contributed by atoms with van der Waals surface area (Å²) >= 11 is 3.45. The summed E-state index contributed by atoms with van der Waals surface area (Å²) in [5, 5.41) is 2.95. The molecule has 1 fully saturated rings. The molecule has 0 aliphatic carbocycles. The van der Waals surface area contributed by atoms with Crippen LogP contribution in [-0.2, 0) is 4.79 Å². The van der Waals surface area contributed by atoms with Crippen molar-refractivity contribution in [3.05, 3.63) is 28.2 Å². The Balaban J connectivity index is 0.00000220. The highest BCUT2D eigenvalue weighted by Gasteiger charge is 2.26. The highest BCUT2D eigenvalue weighted by atomic mass is 79.9. The van der Waals surface area contributed by atoms with Gasteiger partial charge in [-0.15, -0.1) is 12.4 Å². The molecular formula is C15H23BrClN3O. The fourth-order valence-electron chi connectivity index (χ4n) is 2.56. The third-order valence-electron chi connectivity index (χ3n) is 3.86. The second kappa shape index (κ2) is 8.13. The number of aryl methyl sites for hydroxylation is 1. The van der Waals surface area contributed by atoms with Crippen LogP contribution in [0.15, 0.2) is 22.7 Å². The normalized spacial score (nSPS) is 19.9. The van der Waals surface area contributed by atoms with Gasteiger partial charge in [-0.3, -0.25) is 9.69 Å². The average molecular weight is 377 g/mol. The van der Waals surface area contributed by atoms with E-state index >= 15 is 0 Å². The molecular weight excluding hydrogens is 354 g/mol. The maximum Gasteiger partial charge on any atom is 0.238 e. The number of amides is 1. The number of carbonyl (C=O) groups is 1. The largest absolute Gasteiger partial charge is 0.328 e. The number of nitrogens with one attached hydrogen (secondary N) is 1. The fourth-order valence-corrected chi connectivity index (χ4v) is 2.81. The first kappa shape index (κ1) is 18.4. The molecule has 2 rings (SSSR count). The Hall–Kier alpha value is -0.620. The van der Waals surface area contributed by atoms with Crippen LogP contribution in [0.3, 0.4) is 0 Å². The number of nitrogens with zero attached hydrogens (tertiary/aromatic N) is 1. The number of nitrogens with two attached hydrogens (primary N) is 1. The molecule has 1 heterocycles. The summed E-state index contributed by atoms with van der Waals surface area (Å²) in [6.07, 6.45) is 1.09. The smallest absolute Gasteiger partial charge is 0.238 e. The molecule has 0 spiro atoms. The number of hydrogen-bond acceptors (Lipinski definition) is 3. The molecule has 1 aromatic rings. The predicted octanol–water partition coefficient (Wildman–Crippen LogP) is 2.79. The van der Waals surface area contributed by atoms with Crippen LogP contribution in [0, 0.1) is 12.8 Å². The molecule has 3 N–H and O–H groups in total. The first-order chi connectivity index (χ1) is 9.45. The first-order valence-corrected chi connectivity index (χ1v) is 7.79. The summed E-state index contributed by atoms with van der Waals surface area (Å²) in [7, 11) is 0. The van der Waals surface area contributed by atoms with Crippen LogP contribution in [0.1, 0.15) is 18.9 Å². The number of anilines is 1. The van der Waals surface area contributed by atoms with Gasteiger partial charge in [0.1, 0.15) is 0 Å². The number of carbonyl (C=O) groups excluding carboxylic acids is 1. The monoisotopic (exact) mass is 375 g/mol. The highest BCUT2D eigenvalue weighted by molar-refractivity contribution is 9.10. The van der Waals surface area contributed by atoms with Gasteiger partial charge in [-0.2, -0.15) is 0 Å². The van der Waals surface area contributed by atoms with Crippen LogP contribution in [0.2, 0.25) is 0 Å². The van der Waals surface area contributed by atoms with Crippen molar-refractivity contribution in [2.24, 2.45) is 11.7 Å². The van der Waals surface area contributed by atoms with Crippen molar-refractivity contribution in [2.75, 3.05) is 25.0 Å². The van der Waals surface area contributed by atoms with E-state index in [9.17, 15) is 4.79 Å². The summed E-state index contributed by atoms with van der Waals surface area (Å²) in [6, 6.07) is 6.03. The van der Waals surface area contributed by atoms with E-state index in [2.05, 4.69) is 26.1 Å². The first-order valence-electron chi connectivity index (χ1n) is 6.99. The van der Waals surface area contributed by atoms with E-state index in [1.54, 1.807) is 0 Å². The molecule has 4 nitrogen and oxygen atoms in total. The van der Waals surface area contributed by atoms with E-state index in [1.807, 2.05) is 32.0 Å². The lowest BCUT2D eigenvalue weighted by Crippen LogP contribution is -2.34. The van der Waals surface area contributed by atoms with Gasteiger partial charge in [0.05, 0.1) is 6.54 Å². The lowest BCUT2D eigenvalue weighted by molar-refractivity contribution is -0.117. The SMILES string of the molecule is Cc1cc(NC(=O)CN2CCC(C(C)N)C2)ccc1Br.Cl. The Morgan fingerprint density at radius 3 is 2.86 bits per heavy atom. The predicted molar refractivity (Wildman–Crippen MR) is 93.0 cm³/mol. The molecule has 21 heavy (non-hydrogen) atoms. The third-order valence-corrected chi connectivity index (χ3v) is 4.75. The zero-order valence-electron chi connectivity index (χ0n) is 12.4. The molecule has 1 aliphatic rings. The van der Waals surface area contributed by atoms with E-state index in [-0.39, 0.29) is 24.4 Å². The fraction of sp³-hybridized carbons (Fsp3) is 0.533. The van der Waals surface area contributed by atoms with Crippen molar-refractivity contribution in [3.63, 3.8) is 0 Å². The van der Waals surface area contributed by atoms with Gasteiger partial charge >= 0.3 is 0 Å². The van der Waals surface area contributed by atoms with Gasteiger partial charge in [-0.25, -0.2) is 0 Å². The second-order valence-electron chi connectivity index (χ2n) is 5.66. The highest BCUT2D eigenvalue weighted by Crippen LogP contribution is 2.21. The molecule has 0 aromatic heterocycles. The molecule has 0 radical (unpaired) electrons. The maximum absolute atomic E-state index is 12.0. The van der Waals surface area contributed by atoms with Crippen LogP contribution in [0.25, 0.3) is 0 Å². The number of hydrogen-bond donors (Lipinski definition) is 2. The molecule has 1 aromatic carbocycles. The Kier molecular flexibility index (Phi) is 7.13. The van der Waals surface area contributed by atoms with E-state index in [1.165, 1.54) is 0 Å². The minimum Gasteiger partial charge on any atom is -0.328 e. The third kappa shape index (κ3) is 5.25. The summed E-state index contributed by atoms with van der Waals surface area (Å²) in [6.45, 7) is 6.37. The molecule has 118 valence electrons. The Morgan fingerprint density at radius 2 is 2.29 bits per heavy atom. The Labute approximate surface area is 141 Å². The summed E-state index contributed by atoms with van der Waals surface area (Å²) in [5.41, 5.74) is 7.87. The van der Waals surface area contributed by atoms with Gasteiger partial charge < -0.3 is 11.1 Å². The molecule has 1 amide bonds. The molecule has 1 aliphatic heterocycles. The van der Waals surface area contributed by atoms with E-state index < -0.39 is 0 Å². The lowest BCUT2D eigenvalue weighted by atomic mass is 10.0. The van der Waals surface area contributed by atoms with Crippen LogP contribution in [0.5, 0.6) is 0 Å².